The molecule has 12 heteroatoms. The molecule has 0 spiro atoms. The second-order valence-electron chi connectivity index (χ2n) is 16.0. The molecule has 1 aliphatic heterocycles. The molecule has 3 aromatic carbocycles. The molecule has 312 valence electrons. The predicted molar refractivity (Wildman–Crippen MR) is 227 cm³/mol. The molecule has 4 rings (SSSR count). The third-order valence-corrected chi connectivity index (χ3v) is 15.3. The summed E-state index contributed by atoms with van der Waals surface area (Å²) in [5.41, 5.74) is 2.22. The van der Waals surface area contributed by atoms with Gasteiger partial charge in [0.1, 0.15) is 11.6 Å². The van der Waals surface area contributed by atoms with Crippen molar-refractivity contribution in [3.63, 3.8) is 0 Å². The van der Waals surface area contributed by atoms with Gasteiger partial charge in [-0.15, -0.1) is 11.8 Å². The molecule has 0 bridgehead atoms. The second kappa shape index (κ2) is 20.6. The molecule has 0 radical (unpaired) electrons. The van der Waals surface area contributed by atoms with E-state index in [0.29, 0.717) is 36.1 Å². The number of aliphatic imine (C=N–C) groups is 1. The third-order valence-electron chi connectivity index (χ3n) is 11.7. The van der Waals surface area contributed by atoms with Gasteiger partial charge in [-0.3, -0.25) is 9.79 Å². The number of carboxylic acids is 1. The molecule has 0 aliphatic carbocycles. The Bertz CT molecular complexity index is 1990. The summed E-state index contributed by atoms with van der Waals surface area (Å²) in [5, 5.41) is 9.03. The molecule has 0 fully saturated rings. The molecule has 1 heterocycles. The Morgan fingerprint density at radius 3 is 2.28 bits per heavy atom. The highest BCUT2D eigenvalue weighted by molar-refractivity contribution is 8.13. The maximum atomic E-state index is 16.0. The number of nitrogens with zero attached hydrogens (tertiary/aromatic N) is 1. The van der Waals surface area contributed by atoms with Gasteiger partial charge in [-0.25, -0.2) is 21.6 Å². The molecule has 4 atom stereocenters. The minimum atomic E-state index is -4.03. The van der Waals surface area contributed by atoms with E-state index in [-0.39, 0.29) is 63.9 Å². The van der Waals surface area contributed by atoms with E-state index in [1.54, 1.807) is 24.3 Å². The van der Waals surface area contributed by atoms with Crippen molar-refractivity contribution in [1.29, 1.82) is 0 Å². The number of benzene rings is 3. The normalized spacial score (nSPS) is 17.5. The summed E-state index contributed by atoms with van der Waals surface area (Å²) in [7, 11) is -2.61. The number of carboxylic acid groups (broad SMARTS) is 1. The second-order valence-corrected chi connectivity index (χ2v) is 19.7. The SMILES string of the molecule is CCC(CCCCC(CCCC(=O)O)S(=O)(=O)c1cc(F)c(CSC2=NC=C(C(C)(C)c3ccc(F)c(OC)c3)C(C)C(c3ccc(F)cc3)C2)c(Cl)c1)C(C)C. The van der Waals surface area contributed by atoms with Gasteiger partial charge in [0.2, 0.25) is 0 Å². The van der Waals surface area contributed by atoms with Crippen LogP contribution < -0.4 is 4.74 Å². The van der Waals surface area contributed by atoms with E-state index in [2.05, 4.69) is 27.7 Å². The Morgan fingerprint density at radius 2 is 1.67 bits per heavy atom. The quantitative estimate of drug-likeness (QED) is 0.121. The van der Waals surface area contributed by atoms with Crippen molar-refractivity contribution in [2.24, 2.45) is 22.7 Å². The average molecular weight is 849 g/mol. The first-order valence-corrected chi connectivity index (χ1v) is 22.7. The lowest BCUT2D eigenvalue weighted by Crippen LogP contribution is -2.27. The predicted octanol–water partition coefficient (Wildman–Crippen LogP) is 12.7. The van der Waals surface area contributed by atoms with Crippen molar-refractivity contribution in [2.75, 3.05) is 7.11 Å². The lowest BCUT2D eigenvalue weighted by atomic mass is 9.68. The van der Waals surface area contributed by atoms with E-state index in [4.69, 9.17) is 21.3 Å². The standard InChI is InChI=1S/C45H57ClF3NO5S2/c1-8-30(28(2)3)12-9-10-13-34(14-11-15-44(51)52)57(53,54)35-23-39(46)37(41(49)24-35)27-56-43-25-36(31-16-19-33(47)20-17-31)29(4)38(26-50-43)45(5,6)32-18-21-40(48)42(22-32)55-7/h16-24,26,28-30,34,36H,8-15,25,27H2,1-7H3,(H,51,52). The molecule has 1 aliphatic rings. The monoisotopic (exact) mass is 847 g/mol. The smallest absolute Gasteiger partial charge is 0.303 e. The van der Waals surface area contributed by atoms with Gasteiger partial charge in [-0.1, -0.05) is 97.0 Å². The largest absolute Gasteiger partial charge is 0.494 e. The highest BCUT2D eigenvalue weighted by atomic mass is 35.5. The van der Waals surface area contributed by atoms with Crippen LogP contribution in [0.1, 0.15) is 122 Å². The fraction of sp³-hybridized carbons (Fsp3) is 0.511. The van der Waals surface area contributed by atoms with Crippen LogP contribution in [0.15, 0.2) is 76.3 Å². The third kappa shape index (κ3) is 11.9. The Balaban J connectivity index is 1.61. The maximum absolute atomic E-state index is 16.0. The number of aliphatic carboxylic acids is 1. The van der Waals surface area contributed by atoms with E-state index in [0.717, 1.165) is 42.0 Å². The number of allylic oxidation sites excluding steroid dienone is 1. The van der Waals surface area contributed by atoms with Crippen LogP contribution in [0, 0.1) is 35.2 Å². The maximum Gasteiger partial charge on any atom is 0.303 e. The van der Waals surface area contributed by atoms with Gasteiger partial charge >= 0.3 is 5.97 Å². The zero-order valence-corrected chi connectivity index (χ0v) is 36.5. The van der Waals surface area contributed by atoms with Crippen LogP contribution in [0.4, 0.5) is 13.2 Å². The Kier molecular flexibility index (Phi) is 16.8. The first-order chi connectivity index (χ1) is 26.9. The summed E-state index contributed by atoms with van der Waals surface area (Å²) in [6.45, 7) is 12.7. The van der Waals surface area contributed by atoms with E-state index >= 15 is 4.39 Å². The lowest BCUT2D eigenvalue weighted by molar-refractivity contribution is -0.137. The van der Waals surface area contributed by atoms with Crippen molar-refractivity contribution >= 4 is 44.2 Å². The number of carbonyl (C=O) groups is 1. The number of sulfone groups is 1. The van der Waals surface area contributed by atoms with Gasteiger partial charge in [0, 0.05) is 40.8 Å². The summed E-state index contributed by atoms with van der Waals surface area (Å²) in [4.78, 5) is 15.9. The van der Waals surface area contributed by atoms with Gasteiger partial charge in [0.15, 0.2) is 21.4 Å². The van der Waals surface area contributed by atoms with Crippen molar-refractivity contribution < 1.29 is 36.2 Å². The molecule has 0 aromatic heterocycles. The van der Waals surface area contributed by atoms with Crippen molar-refractivity contribution in [1.82, 2.24) is 0 Å². The van der Waals surface area contributed by atoms with E-state index in [1.165, 1.54) is 43.1 Å². The van der Waals surface area contributed by atoms with E-state index < -0.39 is 38.1 Å². The number of methoxy groups -OCH3 is 1. The van der Waals surface area contributed by atoms with Crippen LogP contribution in [-0.2, 0) is 25.8 Å². The minimum absolute atomic E-state index is 0.0200. The molecule has 57 heavy (non-hydrogen) atoms. The van der Waals surface area contributed by atoms with Gasteiger partial charge in [0.05, 0.1) is 22.3 Å². The zero-order valence-electron chi connectivity index (χ0n) is 34.1. The first-order valence-electron chi connectivity index (χ1n) is 19.8. The molecule has 3 aromatic rings. The van der Waals surface area contributed by atoms with Gasteiger partial charge in [-0.05, 0) is 96.0 Å². The highest BCUT2D eigenvalue weighted by Crippen LogP contribution is 2.46. The minimum Gasteiger partial charge on any atom is -0.494 e. The van der Waals surface area contributed by atoms with Crippen molar-refractivity contribution in [3.05, 3.63) is 106 Å². The molecule has 0 saturated carbocycles. The molecular weight excluding hydrogens is 791 g/mol. The molecule has 0 saturated heterocycles. The average Bonchev–Trinajstić information content (AvgIpc) is 3.32. The fourth-order valence-corrected chi connectivity index (χ4v) is 11.3. The molecular formula is C45H57ClF3NO5S2. The topological polar surface area (TPSA) is 93.0 Å². The number of unbranched alkanes of at least 4 members (excludes halogenated alkanes) is 1. The first kappa shape index (κ1) is 46.4. The summed E-state index contributed by atoms with van der Waals surface area (Å²) >= 11 is 7.98. The highest BCUT2D eigenvalue weighted by Gasteiger charge is 2.36. The van der Waals surface area contributed by atoms with Crippen LogP contribution in [0.25, 0.3) is 0 Å². The van der Waals surface area contributed by atoms with Crippen molar-refractivity contribution in [2.45, 2.75) is 127 Å². The van der Waals surface area contributed by atoms with Gasteiger partial charge in [-0.2, -0.15) is 0 Å². The van der Waals surface area contributed by atoms with E-state index in [1.807, 2.05) is 20.0 Å². The van der Waals surface area contributed by atoms with Crippen LogP contribution in [0.2, 0.25) is 5.02 Å². The number of thioether (sulfide) groups is 1. The van der Waals surface area contributed by atoms with E-state index in [9.17, 15) is 27.1 Å². The van der Waals surface area contributed by atoms with Crippen LogP contribution >= 0.6 is 23.4 Å². The zero-order chi connectivity index (χ0) is 42.1. The summed E-state index contributed by atoms with van der Waals surface area (Å²) in [5.74, 6) is -1.53. The molecule has 0 amide bonds. The molecule has 4 unspecified atom stereocenters. The number of halogens is 4. The molecule has 6 nitrogen and oxygen atoms in total. The van der Waals surface area contributed by atoms with Gasteiger partial charge < -0.3 is 9.84 Å². The van der Waals surface area contributed by atoms with Crippen molar-refractivity contribution in [3.8, 4) is 5.75 Å². The Hall–Kier alpha value is -3.28. The summed E-state index contributed by atoms with van der Waals surface area (Å²) < 4.78 is 77.7. The number of hydrogen-bond donors (Lipinski definition) is 1. The van der Waals surface area contributed by atoms with Crippen LogP contribution in [0.3, 0.4) is 0 Å². The number of ether oxygens (including phenoxy) is 1. The Labute approximate surface area is 346 Å². The lowest BCUT2D eigenvalue weighted by Gasteiger charge is -2.35. The number of rotatable bonds is 19. The fourth-order valence-electron chi connectivity index (χ4n) is 8.00. The Morgan fingerprint density at radius 1 is 1.00 bits per heavy atom. The van der Waals surface area contributed by atoms with Crippen LogP contribution in [-0.4, -0.2) is 36.9 Å². The van der Waals surface area contributed by atoms with Crippen LogP contribution in [0.5, 0.6) is 5.75 Å². The summed E-state index contributed by atoms with van der Waals surface area (Å²) in [6, 6.07) is 13.5. The summed E-state index contributed by atoms with van der Waals surface area (Å²) in [6.07, 6.45) is 6.37. The number of hydrogen-bond acceptors (Lipinski definition) is 6. The van der Waals surface area contributed by atoms with Gasteiger partial charge in [0.25, 0.3) is 0 Å². The molecule has 1 N–H and O–H groups in total.